The number of alkyl halides is 3. The Labute approximate surface area is 288 Å². The smallest absolute Gasteiger partial charge is 0.384 e. The summed E-state index contributed by atoms with van der Waals surface area (Å²) in [5, 5.41) is 29.2. The first kappa shape index (κ1) is 34.6. The summed E-state index contributed by atoms with van der Waals surface area (Å²) in [6, 6.07) is 19.9. The van der Waals surface area contributed by atoms with Gasteiger partial charge in [0.1, 0.15) is 29.5 Å². The first-order chi connectivity index (χ1) is 23.8. The van der Waals surface area contributed by atoms with Crippen molar-refractivity contribution in [1.29, 1.82) is 5.26 Å². The number of amides is 1. The van der Waals surface area contributed by atoms with Crippen LogP contribution in [0.15, 0.2) is 79.6 Å². The molecule has 2 aromatic heterocycles. The number of carbonyl (C=O) groups is 1. The molecule has 50 heavy (non-hydrogen) atoms. The minimum absolute atomic E-state index is 0.112. The Bertz CT molecular complexity index is 2090. The number of piperidine rings is 1. The summed E-state index contributed by atoms with van der Waals surface area (Å²) in [5.74, 6) is 0.224. The van der Waals surface area contributed by atoms with Gasteiger partial charge in [0.05, 0.1) is 18.5 Å². The molecule has 1 aliphatic rings. The number of aliphatic hydroxyl groups is 1. The number of nitriles is 1. The van der Waals surface area contributed by atoms with E-state index in [2.05, 4.69) is 51.1 Å². The van der Waals surface area contributed by atoms with E-state index >= 15 is 0 Å². The average molecular weight is 682 g/mol. The highest BCUT2D eigenvalue weighted by Crippen LogP contribution is 2.32. The van der Waals surface area contributed by atoms with Crippen molar-refractivity contribution in [2.75, 3.05) is 23.7 Å². The summed E-state index contributed by atoms with van der Waals surface area (Å²) in [5.41, 5.74) is 4.23. The minimum Gasteiger partial charge on any atom is -0.384 e. The van der Waals surface area contributed by atoms with Crippen molar-refractivity contribution in [2.24, 2.45) is 0 Å². The van der Waals surface area contributed by atoms with Gasteiger partial charge in [0.2, 0.25) is 5.91 Å². The second-order valence-electron chi connectivity index (χ2n) is 13.1. The van der Waals surface area contributed by atoms with Crippen LogP contribution in [0.4, 0.5) is 24.7 Å². The number of hydrogen-bond acceptors (Lipinski definition) is 7. The number of carbonyl (C=O) groups excluding carboxylic acids is 1. The van der Waals surface area contributed by atoms with Gasteiger partial charge < -0.3 is 20.3 Å². The normalized spacial score (nSPS) is 15.5. The summed E-state index contributed by atoms with van der Waals surface area (Å²) in [6.45, 7) is 9.74. The molecule has 5 aromatic rings. The number of anilines is 2. The first-order valence-corrected chi connectivity index (χ1v) is 16.4. The van der Waals surface area contributed by atoms with Gasteiger partial charge in [-0.25, -0.2) is 9.97 Å². The topological polar surface area (TPSA) is 119 Å². The van der Waals surface area contributed by atoms with Crippen molar-refractivity contribution in [1.82, 2.24) is 19.4 Å². The predicted octanol–water partition coefficient (Wildman–Crippen LogP) is 6.98. The third-order valence-corrected chi connectivity index (χ3v) is 9.43. The highest BCUT2D eigenvalue weighted by Gasteiger charge is 2.29. The number of rotatable bonds is 10. The molecule has 0 spiro atoms. The van der Waals surface area contributed by atoms with Crippen molar-refractivity contribution >= 4 is 39.2 Å². The Hall–Kier alpha value is -5.25. The van der Waals surface area contributed by atoms with Crippen molar-refractivity contribution in [2.45, 2.75) is 64.0 Å². The van der Waals surface area contributed by atoms with E-state index < -0.39 is 18.2 Å². The third kappa shape index (κ3) is 7.64. The molecule has 0 aliphatic carbocycles. The van der Waals surface area contributed by atoms with E-state index in [4.69, 9.17) is 0 Å². The molecule has 6 rings (SSSR count). The molecule has 1 atom stereocenters. The summed E-state index contributed by atoms with van der Waals surface area (Å²) in [7, 11) is 0. The number of fused-ring (bicyclic) bond motifs is 2. The maximum Gasteiger partial charge on any atom is 0.393 e. The molecule has 12 heteroatoms. The van der Waals surface area contributed by atoms with Crippen LogP contribution in [0, 0.1) is 18.3 Å². The highest BCUT2D eigenvalue weighted by molar-refractivity contribution is 5.98. The number of halogens is 3. The number of hydrogen-bond donors (Lipinski definition) is 3. The minimum atomic E-state index is -4.29. The van der Waals surface area contributed by atoms with Crippen LogP contribution >= 0.6 is 0 Å². The average Bonchev–Trinajstić information content (AvgIpc) is 3.43. The fourth-order valence-electron chi connectivity index (χ4n) is 6.69. The number of aromatic nitrogens is 3. The fourth-order valence-corrected chi connectivity index (χ4v) is 6.69. The Morgan fingerprint density at radius 2 is 1.82 bits per heavy atom. The van der Waals surface area contributed by atoms with Gasteiger partial charge in [-0.05, 0) is 91.4 Å². The van der Waals surface area contributed by atoms with Crippen molar-refractivity contribution in [3.8, 4) is 6.07 Å². The van der Waals surface area contributed by atoms with Crippen LogP contribution in [0.1, 0.15) is 47.7 Å². The molecule has 0 unspecified atom stereocenters. The molecule has 3 aromatic carbocycles. The van der Waals surface area contributed by atoms with Gasteiger partial charge >= 0.3 is 6.18 Å². The van der Waals surface area contributed by atoms with Crippen LogP contribution in [0.25, 0.3) is 21.8 Å². The van der Waals surface area contributed by atoms with E-state index in [1.807, 2.05) is 16.7 Å². The molecule has 258 valence electrons. The van der Waals surface area contributed by atoms with Crippen molar-refractivity contribution in [3.63, 3.8) is 0 Å². The molecule has 1 fully saturated rings. The van der Waals surface area contributed by atoms with Gasteiger partial charge in [-0.2, -0.15) is 18.4 Å². The largest absolute Gasteiger partial charge is 0.393 e. The lowest BCUT2D eigenvalue weighted by Crippen LogP contribution is -2.39. The zero-order chi connectivity index (χ0) is 35.6. The number of nitrogens with one attached hydrogen (secondary N) is 2. The first-order valence-electron chi connectivity index (χ1n) is 16.4. The molecule has 0 saturated carbocycles. The third-order valence-electron chi connectivity index (χ3n) is 9.43. The maximum atomic E-state index is 13.0. The number of aryl methyl sites for hydroxylation is 1. The SMILES string of the molecule is C=CC(=O)Nc1ccc([C@](C)(O)Cn2c(C#N)cc3c(C)c(CN4CCC(Nc5ncnc6ccc(CC(F)(F)F)cc56)CC4)ccc32)cc1. The Balaban J connectivity index is 1.12. The predicted molar refractivity (Wildman–Crippen MR) is 187 cm³/mol. The summed E-state index contributed by atoms with van der Waals surface area (Å²) in [6.07, 6.45) is -1.01. The number of benzene rings is 3. The highest BCUT2D eigenvalue weighted by atomic mass is 19.4. The molecular formula is C38H38F3N7O2. The van der Waals surface area contributed by atoms with E-state index in [-0.39, 0.29) is 24.1 Å². The van der Waals surface area contributed by atoms with Crippen LogP contribution in [0.5, 0.6) is 0 Å². The molecule has 1 aliphatic heterocycles. The fraction of sp³-hybridized carbons (Fsp3) is 0.316. The van der Waals surface area contributed by atoms with E-state index in [9.17, 15) is 28.3 Å². The monoisotopic (exact) mass is 681 g/mol. The second-order valence-corrected chi connectivity index (χ2v) is 13.1. The van der Waals surface area contributed by atoms with E-state index in [1.165, 1.54) is 24.5 Å². The Kier molecular flexibility index (Phi) is 9.64. The lowest BCUT2D eigenvalue weighted by molar-refractivity contribution is -0.127. The van der Waals surface area contributed by atoms with Crippen LogP contribution in [-0.4, -0.2) is 55.8 Å². The zero-order valence-corrected chi connectivity index (χ0v) is 27.9. The van der Waals surface area contributed by atoms with Crippen LogP contribution in [-0.2, 0) is 29.9 Å². The molecule has 1 saturated heterocycles. The van der Waals surface area contributed by atoms with Gasteiger partial charge in [0, 0.05) is 47.7 Å². The van der Waals surface area contributed by atoms with Crippen LogP contribution in [0.3, 0.4) is 0 Å². The second kappa shape index (κ2) is 13.9. The molecule has 3 heterocycles. The Morgan fingerprint density at radius 1 is 1.08 bits per heavy atom. The van der Waals surface area contributed by atoms with Crippen LogP contribution in [0.2, 0.25) is 0 Å². The lowest BCUT2D eigenvalue weighted by Gasteiger charge is -2.33. The van der Waals surface area contributed by atoms with Crippen LogP contribution < -0.4 is 10.6 Å². The maximum absolute atomic E-state index is 13.0. The molecule has 0 radical (unpaired) electrons. The van der Waals surface area contributed by atoms with E-state index in [0.717, 1.165) is 54.5 Å². The van der Waals surface area contributed by atoms with Gasteiger partial charge in [0.25, 0.3) is 0 Å². The van der Waals surface area contributed by atoms with E-state index in [0.29, 0.717) is 33.7 Å². The standard InChI is InChI=1S/C38H38F3N7O2/c1-4-35(49)45-28-9-7-27(8-10-28)37(3,50)22-48-30(20-42)18-31-24(2)26(6-12-34(31)48)21-47-15-13-29(14-16-47)46-36-32-17-25(19-38(39,40)41)5-11-33(32)43-23-44-36/h4-12,17-18,23,29,50H,1,13-16,19,21-22H2,2-3H3,(H,45,49)(H,43,44,46)/t37-/m1/s1. The molecule has 9 nitrogen and oxygen atoms in total. The number of likely N-dealkylation sites (tertiary alicyclic amines) is 1. The van der Waals surface area contributed by atoms with Gasteiger partial charge in [-0.15, -0.1) is 0 Å². The number of nitrogens with zero attached hydrogens (tertiary/aromatic N) is 5. The van der Waals surface area contributed by atoms with E-state index in [1.54, 1.807) is 37.3 Å². The zero-order valence-electron chi connectivity index (χ0n) is 27.9. The summed E-state index contributed by atoms with van der Waals surface area (Å²) < 4.78 is 40.9. The summed E-state index contributed by atoms with van der Waals surface area (Å²) in [4.78, 5) is 22.6. The van der Waals surface area contributed by atoms with Gasteiger partial charge in [-0.3, -0.25) is 9.69 Å². The molecular weight excluding hydrogens is 643 g/mol. The molecule has 3 N–H and O–H groups in total. The van der Waals surface area contributed by atoms with Gasteiger partial charge in [-0.1, -0.05) is 30.8 Å². The van der Waals surface area contributed by atoms with Gasteiger partial charge in [0.15, 0.2) is 0 Å². The lowest BCUT2D eigenvalue weighted by atomic mass is 9.95. The molecule has 1 amide bonds. The Morgan fingerprint density at radius 3 is 2.50 bits per heavy atom. The summed E-state index contributed by atoms with van der Waals surface area (Å²) >= 11 is 0. The van der Waals surface area contributed by atoms with Crippen molar-refractivity contribution < 1.29 is 23.1 Å². The quantitative estimate of drug-likeness (QED) is 0.136. The van der Waals surface area contributed by atoms with Crippen molar-refractivity contribution in [3.05, 3.63) is 108 Å². The molecule has 0 bridgehead atoms.